The van der Waals surface area contributed by atoms with Crippen molar-refractivity contribution in [3.05, 3.63) is 35.4 Å². The molecule has 1 unspecified atom stereocenters. The average Bonchev–Trinajstić information content (AvgIpc) is 2.26. The van der Waals surface area contributed by atoms with Crippen molar-refractivity contribution in [3.63, 3.8) is 0 Å². The summed E-state index contributed by atoms with van der Waals surface area (Å²) in [6.45, 7) is 6.31. The summed E-state index contributed by atoms with van der Waals surface area (Å²) < 4.78 is 0. The zero-order chi connectivity index (χ0) is 12.1. The van der Waals surface area contributed by atoms with E-state index in [1.165, 1.54) is 6.92 Å². The standard InChI is InChI=1S/C13H20N2O/c1-9(2)13(14)12-6-4-11(5-7-12)8-15-10(3)16/h4-7,9,13H,8,14H2,1-3H3,(H,15,16). The highest BCUT2D eigenvalue weighted by atomic mass is 16.1. The van der Waals surface area contributed by atoms with E-state index < -0.39 is 0 Å². The lowest BCUT2D eigenvalue weighted by atomic mass is 9.96. The molecule has 1 aromatic carbocycles. The minimum absolute atomic E-state index is 0.0111. The van der Waals surface area contributed by atoms with Gasteiger partial charge < -0.3 is 11.1 Å². The molecule has 0 aromatic heterocycles. The van der Waals surface area contributed by atoms with Crippen LogP contribution >= 0.6 is 0 Å². The minimum Gasteiger partial charge on any atom is -0.352 e. The van der Waals surface area contributed by atoms with Gasteiger partial charge in [-0.25, -0.2) is 0 Å². The Balaban J connectivity index is 2.64. The van der Waals surface area contributed by atoms with Crippen molar-refractivity contribution < 1.29 is 4.79 Å². The average molecular weight is 220 g/mol. The second kappa shape index (κ2) is 5.66. The molecule has 0 fully saturated rings. The van der Waals surface area contributed by atoms with Gasteiger partial charge in [0.2, 0.25) is 5.91 Å². The molecule has 3 N–H and O–H groups in total. The first-order chi connectivity index (χ1) is 7.50. The van der Waals surface area contributed by atoms with Crippen molar-refractivity contribution in [2.45, 2.75) is 33.4 Å². The summed E-state index contributed by atoms with van der Waals surface area (Å²) in [7, 11) is 0. The molecule has 1 amide bonds. The molecule has 16 heavy (non-hydrogen) atoms. The zero-order valence-electron chi connectivity index (χ0n) is 10.2. The van der Waals surface area contributed by atoms with Crippen molar-refractivity contribution in [1.82, 2.24) is 5.32 Å². The van der Waals surface area contributed by atoms with E-state index in [1.54, 1.807) is 0 Å². The first-order valence-corrected chi connectivity index (χ1v) is 5.59. The van der Waals surface area contributed by atoms with Crippen LogP contribution in [0.25, 0.3) is 0 Å². The smallest absolute Gasteiger partial charge is 0.217 e. The molecule has 0 aliphatic rings. The topological polar surface area (TPSA) is 55.1 Å². The molecule has 0 radical (unpaired) electrons. The van der Waals surface area contributed by atoms with E-state index in [0.717, 1.165) is 11.1 Å². The van der Waals surface area contributed by atoms with E-state index in [9.17, 15) is 4.79 Å². The maximum absolute atomic E-state index is 10.8. The number of carbonyl (C=O) groups is 1. The second-order valence-electron chi connectivity index (χ2n) is 4.42. The predicted molar refractivity (Wildman–Crippen MR) is 65.7 cm³/mol. The number of benzene rings is 1. The SMILES string of the molecule is CC(=O)NCc1ccc(C(N)C(C)C)cc1. The molecule has 1 aromatic rings. The van der Waals surface area contributed by atoms with Gasteiger partial charge in [0, 0.05) is 19.5 Å². The van der Waals surface area contributed by atoms with Gasteiger partial charge in [-0.2, -0.15) is 0 Å². The third-order valence-corrected chi connectivity index (χ3v) is 2.62. The van der Waals surface area contributed by atoms with Crippen LogP contribution < -0.4 is 11.1 Å². The van der Waals surface area contributed by atoms with E-state index in [-0.39, 0.29) is 11.9 Å². The first-order valence-electron chi connectivity index (χ1n) is 5.59. The lowest BCUT2D eigenvalue weighted by molar-refractivity contribution is -0.119. The van der Waals surface area contributed by atoms with Gasteiger partial charge in [-0.3, -0.25) is 4.79 Å². The summed E-state index contributed by atoms with van der Waals surface area (Å²) >= 11 is 0. The molecule has 88 valence electrons. The number of hydrogen-bond donors (Lipinski definition) is 2. The third kappa shape index (κ3) is 3.66. The first kappa shape index (κ1) is 12.7. The molecule has 0 saturated heterocycles. The van der Waals surface area contributed by atoms with Crippen molar-refractivity contribution in [3.8, 4) is 0 Å². The van der Waals surface area contributed by atoms with Crippen LogP contribution in [-0.4, -0.2) is 5.91 Å². The number of rotatable bonds is 4. The molecule has 3 nitrogen and oxygen atoms in total. The fourth-order valence-corrected chi connectivity index (χ4v) is 1.47. The van der Waals surface area contributed by atoms with Crippen LogP contribution in [-0.2, 0) is 11.3 Å². The predicted octanol–water partition coefficient (Wildman–Crippen LogP) is 1.98. The normalized spacial score (nSPS) is 12.6. The molecule has 3 heteroatoms. The fraction of sp³-hybridized carbons (Fsp3) is 0.462. The number of nitrogens with one attached hydrogen (secondary N) is 1. The van der Waals surface area contributed by atoms with E-state index in [1.807, 2.05) is 24.3 Å². The molecular weight excluding hydrogens is 200 g/mol. The Labute approximate surface area is 97.0 Å². The summed E-state index contributed by atoms with van der Waals surface area (Å²) in [6, 6.07) is 8.15. The fourth-order valence-electron chi connectivity index (χ4n) is 1.47. The quantitative estimate of drug-likeness (QED) is 0.815. The molecular formula is C13H20N2O. The van der Waals surface area contributed by atoms with Crippen LogP contribution in [0.2, 0.25) is 0 Å². The summed E-state index contributed by atoms with van der Waals surface area (Å²) in [5.41, 5.74) is 8.27. The molecule has 0 saturated carbocycles. The van der Waals surface area contributed by atoms with Crippen LogP contribution in [0.3, 0.4) is 0 Å². The van der Waals surface area contributed by atoms with E-state index >= 15 is 0 Å². The van der Waals surface area contributed by atoms with Crippen molar-refractivity contribution in [2.75, 3.05) is 0 Å². The summed E-state index contributed by atoms with van der Waals surface area (Å²) in [5, 5.41) is 2.76. The highest BCUT2D eigenvalue weighted by molar-refractivity contribution is 5.72. The van der Waals surface area contributed by atoms with Gasteiger partial charge in [-0.1, -0.05) is 38.1 Å². The molecule has 0 aliphatic carbocycles. The second-order valence-corrected chi connectivity index (χ2v) is 4.42. The Bertz CT molecular complexity index is 343. The Morgan fingerprint density at radius 1 is 1.31 bits per heavy atom. The number of amides is 1. The van der Waals surface area contributed by atoms with Crippen LogP contribution in [0.1, 0.15) is 37.9 Å². The van der Waals surface area contributed by atoms with Crippen molar-refractivity contribution in [1.29, 1.82) is 0 Å². The zero-order valence-corrected chi connectivity index (χ0v) is 10.2. The minimum atomic E-state index is -0.0111. The van der Waals surface area contributed by atoms with Crippen LogP contribution in [0.4, 0.5) is 0 Å². The van der Waals surface area contributed by atoms with Gasteiger partial charge in [-0.15, -0.1) is 0 Å². The van der Waals surface area contributed by atoms with Crippen LogP contribution in [0, 0.1) is 5.92 Å². The van der Waals surface area contributed by atoms with Gasteiger partial charge >= 0.3 is 0 Å². The Morgan fingerprint density at radius 3 is 2.31 bits per heavy atom. The van der Waals surface area contributed by atoms with Gasteiger partial charge in [0.05, 0.1) is 0 Å². The van der Waals surface area contributed by atoms with Crippen molar-refractivity contribution >= 4 is 5.91 Å². The van der Waals surface area contributed by atoms with Gasteiger partial charge in [-0.05, 0) is 17.0 Å². The lowest BCUT2D eigenvalue weighted by Crippen LogP contribution is -2.19. The van der Waals surface area contributed by atoms with Crippen molar-refractivity contribution in [2.24, 2.45) is 11.7 Å². The Hall–Kier alpha value is -1.35. The number of hydrogen-bond acceptors (Lipinski definition) is 2. The lowest BCUT2D eigenvalue weighted by Gasteiger charge is -2.16. The molecule has 0 heterocycles. The summed E-state index contributed by atoms with van der Waals surface area (Å²) in [6.07, 6.45) is 0. The van der Waals surface area contributed by atoms with E-state index in [0.29, 0.717) is 12.5 Å². The van der Waals surface area contributed by atoms with Gasteiger partial charge in [0.1, 0.15) is 0 Å². The summed E-state index contributed by atoms with van der Waals surface area (Å²) in [5.74, 6) is 0.421. The molecule has 1 atom stereocenters. The van der Waals surface area contributed by atoms with Gasteiger partial charge in [0.15, 0.2) is 0 Å². The Kier molecular flexibility index (Phi) is 4.50. The number of carbonyl (C=O) groups excluding carboxylic acids is 1. The van der Waals surface area contributed by atoms with E-state index in [4.69, 9.17) is 5.73 Å². The van der Waals surface area contributed by atoms with Gasteiger partial charge in [0.25, 0.3) is 0 Å². The maximum Gasteiger partial charge on any atom is 0.217 e. The molecule has 0 aliphatic heterocycles. The highest BCUT2D eigenvalue weighted by Gasteiger charge is 2.09. The van der Waals surface area contributed by atoms with Crippen LogP contribution in [0.15, 0.2) is 24.3 Å². The summed E-state index contributed by atoms with van der Waals surface area (Å²) in [4.78, 5) is 10.8. The maximum atomic E-state index is 10.8. The largest absolute Gasteiger partial charge is 0.352 e. The third-order valence-electron chi connectivity index (χ3n) is 2.62. The molecule has 0 bridgehead atoms. The molecule has 1 rings (SSSR count). The number of nitrogens with two attached hydrogens (primary N) is 1. The monoisotopic (exact) mass is 220 g/mol. The Morgan fingerprint density at radius 2 is 1.88 bits per heavy atom. The highest BCUT2D eigenvalue weighted by Crippen LogP contribution is 2.18. The van der Waals surface area contributed by atoms with Crippen LogP contribution in [0.5, 0.6) is 0 Å². The van der Waals surface area contributed by atoms with E-state index in [2.05, 4.69) is 19.2 Å². The molecule has 0 spiro atoms.